The molecule has 2 aromatic carbocycles. The van der Waals surface area contributed by atoms with Crippen LogP contribution in [0.1, 0.15) is 53.8 Å². The molecule has 1 heterocycles. The van der Waals surface area contributed by atoms with Crippen LogP contribution in [0.25, 0.3) is 0 Å². The minimum atomic E-state index is -4.10. The van der Waals surface area contributed by atoms with Gasteiger partial charge >= 0.3 is 5.97 Å². The van der Waals surface area contributed by atoms with E-state index in [1.54, 1.807) is 18.2 Å². The van der Waals surface area contributed by atoms with Crippen molar-refractivity contribution >= 4 is 33.4 Å². The highest BCUT2D eigenvalue weighted by Gasteiger charge is 2.30. The zero-order chi connectivity index (χ0) is 24.2. The van der Waals surface area contributed by atoms with Crippen LogP contribution in [0.3, 0.4) is 0 Å². The molecule has 0 aromatic heterocycles. The van der Waals surface area contributed by atoms with Gasteiger partial charge in [0, 0.05) is 24.3 Å². The predicted octanol–water partition coefficient (Wildman–Crippen LogP) is 3.39. The van der Waals surface area contributed by atoms with E-state index in [2.05, 4.69) is 5.32 Å². The van der Waals surface area contributed by atoms with E-state index in [0.717, 1.165) is 24.6 Å². The summed E-state index contributed by atoms with van der Waals surface area (Å²) in [7, 11) is -4.10. The fourth-order valence-electron chi connectivity index (χ4n) is 3.41. The van der Waals surface area contributed by atoms with Gasteiger partial charge in [-0.2, -0.15) is 4.31 Å². The van der Waals surface area contributed by atoms with E-state index >= 15 is 0 Å². The average molecular weight is 477 g/mol. The summed E-state index contributed by atoms with van der Waals surface area (Å²) in [4.78, 5) is 35.8. The van der Waals surface area contributed by atoms with Crippen LogP contribution in [0.4, 0.5) is 10.1 Å². The molecule has 2 aromatic rings. The van der Waals surface area contributed by atoms with Crippen LogP contribution in [0.15, 0.2) is 47.4 Å². The lowest BCUT2D eigenvalue weighted by Gasteiger charge is -2.26. The first kappa shape index (κ1) is 24.5. The molecular formula is C23H25FN2O6S. The highest BCUT2D eigenvalue weighted by Crippen LogP contribution is 2.24. The smallest absolute Gasteiger partial charge is 0.338 e. The number of piperidine rings is 1. The first-order chi connectivity index (χ1) is 15.6. The number of nitrogens with zero attached hydrogens (tertiary/aromatic N) is 1. The molecule has 0 bridgehead atoms. The molecule has 33 heavy (non-hydrogen) atoms. The van der Waals surface area contributed by atoms with Crippen molar-refractivity contribution in [2.24, 2.45) is 0 Å². The summed E-state index contributed by atoms with van der Waals surface area (Å²) in [5.74, 6) is -2.75. The number of hydrogen-bond acceptors (Lipinski definition) is 6. The minimum absolute atomic E-state index is 0.169. The molecule has 1 aliphatic heterocycles. The van der Waals surface area contributed by atoms with E-state index in [-0.39, 0.29) is 11.3 Å². The molecule has 1 atom stereocenters. The van der Waals surface area contributed by atoms with E-state index in [1.165, 1.54) is 24.2 Å². The van der Waals surface area contributed by atoms with Crippen LogP contribution in [0, 0.1) is 5.82 Å². The highest BCUT2D eigenvalue weighted by atomic mass is 32.2. The Morgan fingerprint density at radius 1 is 1.03 bits per heavy atom. The molecule has 10 heteroatoms. The van der Waals surface area contributed by atoms with E-state index in [1.807, 2.05) is 0 Å². The maximum atomic E-state index is 14.4. The van der Waals surface area contributed by atoms with Gasteiger partial charge in [0.05, 0.1) is 5.56 Å². The lowest BCUT2D eigenvalue weighted by atomic mass is 10.1. The Kier molecular flexibility index (Phi) is 7.60. The normalized spacial score (nSPS) is 15.5. The largest absolute Gasteiger partial charge is 0.449 e. The third-order valence-electron chi connectivity index (χ3n) is 5.29. The summed E-state index contributed by atoms with van der Waals surface area (Å²) >= 11 is 0. The third-order valence-corrected chi connectivity index (χ3v) is 7.20. The molecule has 1 saturated heterocycles. The molecule has 3 rings (SSSR count). The van der Waals surface area contributed by atoms with Gasteiger partial charge in [0.15, 0.2) is 11.9 Å². The lowest BCUT2D eigenvalue weighted by Crippen LogP contribution is -2.36. The Morgan fingerprint density at radius 3 is 2.39 bits per heavy atom. The van der Waals surface area contributed by atoms with Crippen LogP contribution in [-0.4, -0.2) is 49.6 Å². The van der Waals surface area contributed by atoms with Crippen molar-refractivity contribution in [3.63, 3.8) is 0 Å². The highest BCUT2D eigenvalue weighted by molar-refractivity contribution is 7.89. The summed E-state index contributed by atoms with van der Waals surface area (Å²) in [6.45, 7) is 3.32. The number of amides is 1. The first-order valence-electron chi connectivity index (χ1n) is 10.5. The summed E-state index contributed by atoms with van der Waals surface area (Å²) in [5.41, 5.74) is 0.573. The Labute approximate surface area is 191 Å². The number of ketones is 1. The summed E-state index contributed by atoms with van der Waals surface area (Å²) in [6, 6.07) is 9.21. The fraction of sp³-hybridized carbons (Fsp3) is 0.348. The number of esters is 1. The van der Waals surface area contributed by atoms with Gasteiger partial charge in [-0.3, -0.25) is 9.59 Å². The number of hydrogen-bond donors (Lipinski definition) is 1. The molecule has 176 valence electrons. The van der Waals surface area contributed by atoms with Gasteiger partial charge in [-0.15, -0.1) is 0 Å². The van der Waals surface area contributed by atoms with Crippen LogP contribution in [0.5, 0.6) is 0 Å². The lowest BCUT2D eigenvalue weighted by molar-refractivity contribution is -0.123. The zero-order valence-corrected chi connectivity index (χ0v) is 19.2. The second-order valence-corrected chi connectivity index (χ2v) is 9.69. The maximum Gasteiger partial charge on any atom is 0.338 e. The van der Waals surface area contributed by atoms with E-state index in [9.17, 15) is 27.2 Å². The van der Waals surface area contributed by atoms with Crippen molar-refractivity contribution < 1.29 is 31.9 Å². The topological polar surface area (TPSA) is 110 Å². The van der Waals surface area contributed by atoms with Crippen molar-refractivity contribution in [3.05, 3.63) is 59.4 Å². The Bertz CT molecular complexity index is 1180. The van der Waals surface area contributed by atoms with Crippen LogP contribution in [-0.2, 0) is 19.6 Å². The fourth-order valence-corrected chi connectivity index (χ4v) is 5.02. The number of anilines is 1. The number of ether oxygens (including phenoxy) is 1. The molecule has 8 nitrogen and oxygen atoms in total. The zero-order valence-electron chi connectivity index (χ0n) is 18.3. The molecule has 1 amide bonds. The Hall–Kier alpha value is -3.11. The molecule has 0 spiro atoms. The predicted molar refractivity (Wildman–Crippen MR) is 119 cm³/mol. The number of sulfonamides is 1. The molecule has 1 N–H and O–H groups in total. The number of carbonyl (C=O) groups is 3. The molecule has 0 radical (unpaired) electrons. The minimum Gasteiger partial charge on any atom is -0.449 e. The van der Waals surface area contributed by atoms with Gasteiger partial charge in [0.25, 0.3) is 5.91 Å². The van der Waals surface area contributed by atoms with Gasteiger partial charge in [0.2, 0.25) is 10.0 Å². The monoisotopic (exact) mass is 476 g/mol. The van der Waals surface area contributed by atoms with Crippen molar-refractivity contribution in [2.75, 3.05) is 18.4 Å². The van der Waals surface area contributed by atoms with Crippen molar-refractivity contribution in [1.29, 1.82) is 0 Å². The number of Topliss-reactive ketones (excluding diaryl/α,β-unsaturated/α-hetero) is 1. The number of nitrogens with one attached hydrogen (secondary N) is 1. The summed E-state index contributed by atoms with van der Waals surface area (Å²) < 4.78 is 46.4. The summed E-state index contributed by atoms with van der Waals surface area (Å²) in [5, 5.41) is 2.55. The van der Waals surface area contributed by atoms with Gasteiger partial charge in [-0.25, -0.2) is 17.6 Å². The van der Waals surface area contributed by atoms with Gasteiger partial charge < -0.3 is 10.1 Å². The van der Waals surface area contributed by atoms with Gasteiger partial charge in [-0.1, -0.05) is 18.6 Å². The third kappa shape index (κ3) is 5.82. The van der Waals surface area contributed by atoms with Crippen molar-refractivity contribution in [1.82, 2.24) is 4.31 Å². The maximum absolute atomic E-state index is 14.4. The number of halogens is 1. The van der Waals surface area contributed by atoms with Crippen LogP contribution in [0.2, 0.25) is 0 Å². The molecule has 0 saturated carbocycles. The summed E-state index contributed by atoms with van der Waals surface area (Å²) in [6.07, 6.45) is 1.04. The van der Waals surface area contributed by atoms with E-state index in [0.29, 0.717) is 37.2 Å². The second kappa shape index (κ2) is 10.2. The van der Waals surface area contributed by atoms with E-state index in [4.69, 9.17) is 4.74 Å². The molecule has 1 aliphatic rings. The number of benzene rings is 2. The quantitative estimate of drug-likeness (QED) is 0.485. The van der Waals surface area contributed by atoms with Crippen LogP contribution < -0.4 is 5.32 Å². The van der Waals surface area contributed by atoms with Crippen molar-refractivity contribution in [2.45, 2.75) is 44.1 Å². The molecular weight excluding hydrogens is 451 g/mol. The second-order valence-electron chi connectivity index (χ2n) is 7.78. The average Bonchev–Trinajstić information content (AvgIpc) is 2.79. The standard InChI is InChI=1S/C23H25FN2O6S/c1-15(27)17-7-6-8-19(13-17)25-22(28)16(2)32-23(29)18-9-10-20(24)21(14-18)33(30,31)26-11-4-3-5-12-26/h6-10,13-14,16H,3-5,11-12H2,1-2H3,(H,25,28)/t16-/m0/s1. The van der Waals surface area contributed by atoms with Crippen molar-refractivity contribution in [3.8, 4) is 0 Å². The van der Waals surface area contributed by atoms with Crippen LogP contribution >= 0.6 is 0 Å². The Morgan fingerprint density at radius 2 is 1.73 bits per heavy atom. The van der Waals surface area contributed by atoms with Gasteiger partial charge in [-0.05, 0) is 57.0 Å². The molecule has 0 unspecified atom stereocenters. The number of carbonyl (C=O) groups excluding carboxylic acids is 3. The Balaban J connectivity index is 1.72. The van der Waals surface area contributed by atoms with Gasteiger partial charge in [0.1, 0.15) is 10.7 Å². The first-order valence-corrected chi connectivity index (χ1v) is 12.0. The van der Waals surface area contributed by atoms with E-state index < -0.39 is 38.7 Å². The number of rotatable bonds is 7. The molecule has 1 fully saturated rings. The SMILES string of the molecule is CC(=O)c1cccc(NC(=O)[C@H](C)OC(=O)c2ccc(F)c(S(=O)(=O)N3CCCCC3)c2)c1. The molecule has 0 aliphatic carbocycles.